The largest absolute Gasteiger partial charge is 1.00 e. The molecule has 0 radical (unpaired) electrons. The van der Waals surface area contributed by atoms with E-state index in [1.54, 1.807) is 0 Å². The van der Waals surface area contributed by atoms with Gasteiger partial charge in [-0.2, -0.15) is 0 Å². The Bertz CT molecular complexity index is 829. The number of nitrogens with zero attached hydrogens (tertiary/aromatic N) is 1. The molecular formula is C18H17N2NaO6S. The van der Waals surface area contributed by atoms with E-state index in [9.17, 15) is 24.3 Å². The molecular weight excluding hydrogens is 395 g/mol. The standard InChI is InChI=1S/C18H18N2O6S.Na/c1-10(21)26-8-12-9-27-17-14(16(23)20(17)15(12)18(24)25)19-13(22)7-11-5-3-2-4-6-11;/h2-6,14,17H,7-9H2,1H3,(H,19,22)(H,24,25);/q;+1/p-1/t14-,17+;/m1./s1. The summed E-state index contributed by atoms with van der Waals surface area (Å²) < 4.78 is 4.85. The molecule has 142 valence electrons. The van der Waals surface area contributed by atoms with Gasteiger partial charge in [-0.05, 0) is 5.56 Å². The molecule has 3 rings (SSSR count). The van der Waals surface area contributed by atoms with Crippen molar-refractivity contribution in [3.8, 4) is 0 Å². The smallest absolute Gasteiger partial charge is 0.543 e. The van der Waals surface area contributed by atoms with Gasteiger partial charge in [0.1, 0.15) is 18.0 Å². The molecule has 2 amide bonds. The Labute approximate surface area is 188 Å². The second-order valence-corrected chi connectivity index (χ2v) is 7.24. The third kappa shape index (κ3) is 4.78. The van der Waals surface area contributed by atoms with Crippen molar-refractivity contribution < 1.29 is 58.6 Å². The molecule has 0 aromatic heterocycles. The zero-order valence-corrected chi connectivity index (χ0v) is 18.3. The number of amides is 2. The van der Waals surface area contributed by atoms with Crippen LogP contribution in [0.5, 0.6) is 0 Å². The zero-order chi connectivity index (χ0) is 19.6. The number of carboxylic acid groups (broad SMARTS) is 1. The number of esters is 1. The molecule has 28 heavy (non-hydrogen) atoms. The number of nitrogens with one attached hydrogen (secondary N) is 1. The Kier molecular flexibility index (Phi) is 7.70. The topological polar surface area (TPSA) is 116 Å². The molecule has 0 aliphatic carbocycles. The molecule has 1 fully saturated rings. The fourth-order valence-corrected chi connectivity index (χ4v) is 4.30. The summed E-state index contributed by atoms with van der Waals surface area (Å²) in [5.74, 6) is -2.63. The summed E-state index contributed by atoms with van der Waals surface area (Å²) in [6.07, 6.45) is 0.128. The van der Waals surface area contributed by atoms with Crippen LogP contribution in [-0.2, 0) is 30.3 Å². The number of fused-ring (bicyclic) bond motifs is 1. The summed E-state index contributed by atoms with van der Waals surface area (Å²) >= 11 is 1.30. The first-order valence-electron chi connectivity index (χ1n) is 8.23. The molecule has 2 atom stereocenters. The zero-order valence-electron chi connectivity index (χ0n) is 15.5. The van der Waals surface area contributed by atoms with Crippen LogP contribution in [0.15, 0.2) is 41.6 Å². The van der Waals surface area contributed by atoms with E-state index in [1.165, 1.54) is 18.7 Å². The number of hydrogen-bond donors (Lipinski definition) is 1. The minimum atomic E-state index is -1.51. The Balaban J connectivity index is 0.00000280. The van der Waals surface area contributed by atoms with E-state index in [1.807, 2.05) is 30.3 Å². The molecule has 1 aromatic rings. The van der Waals surface area contributed by atoms with Crippen molar-refractivity contribution in [2.75, 3.05) is 12.4 Å². The van der Waals surface area contributed by atoms with Gasteiger partial charge in [-0.3, -0.25) is 19.3 Å². The maximum Gasteiger partial charge on any atom is 1.00 e. The molecule has 1 aromatic carbocycles. The van der Waals surface area contributed by atoms with Crippen LogP contribution in [0.1, 0.15) is 12.5 Å². The Hall–Kier alpha value is -1.81. The number of aliphatic carboxylic acids is 1. The number of thioether (sulfide) groups is 1. The summed E-state index contributed by atoms with van der Waals surface area (Å²) in [5, 5.41) is 13.7. The third-order valence-electron chi connectivity index (χ3n) is 4.21. The van der Waals surface area contributed by atoms with E-state index in [-0.39, 0.29) is 59.9 Å². The number of β-lactam (4-membered cyclic amide) rings is 1. The number of hydrogen-bond acceptors (Lipinski definition) is 7. The molecule has 2 heterocycles. The third-order valence-corrected chi connectivity index (χ3v) is 5.55. The van der Waals surface area contributed by atoms with Gasteiger partial charge in [0.2, 0.25) is 5.91 Å². The quantitative estimate of drug-likeness (QED) is 0.289. The first kappa shape index (κ1) is 22.5. The van der Waals surface area contributed by atoms with Gasteiger partial charge in [0, 0.05) is 18.2 Å². The van der Waals surface area contributed by atoms with E-state index in [0.29, 0.717) is 5.57 Å². The Morgan fingerprint density at radius 3 is 2.57 bits per heavy atom. The second kappa shape index (κ2) is 9.60. The Morgan fingerprint density at radius 2 is 1.96 bits per heavy atom. The number of ether oxygens (including phenoxy) is 1. The molecule has 1 N–H and O–H groups in total. The van der Waals surface area contributed by atoms with Gasteiger partial charge >= 0.3 is 35.5 Å². The van der Waals surface area contributed by atoms with E-state index in [4.69, 9.17) is 4.74 Å². The first-order chi connectivity index (χ1) is 12.9. The second-order valence-electron chi connectivity index (χ2n) is 6.14. The number of carboxylic acids is 1. The number of rotatable bonds is 6. The van der Waals surface area contributed by atoms with Crippen LogP contribution in [-0.4, -0.2) is 52.4 Å². The van der Waals surface area contributed by atoms with Crippen LogP contribution in [0.2, 0.25) is 0 Å². The number of carbonyl (C=O) groups is 4. The van der Waals surface area contributed by atoms with E-state index in [2.05, 4.69) is 5.32 Å². The van der Waals surface area contributed by atoms with Crippen LogP contribution in [0.4, 0.5) is 0 Å². The molecule has 8 nitrogen and oxygen atoms in total. The van der Waals surface area contributed by atoms with Crippen molar-refractivity contribution in [2.24, 2.45) is 0 Å². The van der Waals surface area contributed by atoms with Crippen molar-refractivity contribution in [3.05, 3.63) is 47.2 Å². The Morgan fingerprint density at radius 1 is 1.29 bits per heavy atom. The molecule has 0 bridgehead atoms. The number of benzene rings is 1. The maximum atomic E-state index is 12.4. The van der Waals surface area contributed by atoms with Crippen LogP contribution in [0.3, 0.4) is 0 Å². The van der Waals surface area contributed by atoms with Crippen molar-refractivity contribution in [1.82, 2.24) is 10.2 Å². The molecule has 2 aliphatic rings. The van der Waals surface area contributed by atoms with Gasteiger partial charge in [0.25, 0.3) is 5.91 Å². The van der Waals surface area contributed by atoms with Gasteiger partial charge in [0.05, 0.1) is 18.1 Å². The predicted molar refractivity (Wildman–Crippen MR) is 93.8 cm³/mol. The molecule has 10 heteroatoms. The SMILES string of the molecule is CC(=O)OCC1=C(C(=O)[O-])N2C(=O)[C@@H](NC(=O)Cc3ccccc3)[C@@H]2SC1.[Na+]. The summed E-state index contributed by atoms with van der Waals surface area (Å²) in [6, 6.07) is 8.30. The summed E-state index contributed by atoms with van der Waals surface area (Å²) in [5.41, 5.74) is 0.835. The van der Waals surface area contributed by atoms with Crippen LogP contribution < -0.4 is 40.0 Å². The molecule has 0 unspecified atom stereocenters. The van der Waals surface area contributed by atoms with Gasteiger partial charge in [-0.15, -0.1) is 11.8 Å². The van der Waals surface area contributed by atoms with E-state index >= 15 is 0 Å². The molecule has 0 spiro atoms. The fraction of sp³-hybridized carbons (Fsp3) is 0.333. The summed E-state index contributed by atoms with van der Waals surface area (Å²) in [4.78, 5) is 48.2. The average Bonchev–Trinajstić information content (AvgIpc) is 2.64. The fourth-order valence-electron chi connectivity index (χ4n) is 2.98. The van der Waals surface area contributed by atoms with E-state index < -0.39 is 29.3 Å². The molecule has 2 aliphatic heterocycles. The van der Waals surface area contributed by atoms with Crippen LogP contribution >= 0.6 is 11.8 Å². The van der Waals surface area contributed by atoms with Gasteiger partial charge < -0.3 is 20.0 Å². The van der Waals surface area contributed by atoms with Gasteiger partial charge in [-0.1, -0.05) is 30.3 Å². The van der Waals surface area contributed by atoms with Crippen LogP contribution in [0.25, 0.3) is 0 Å². The monoisotopic (exact) mass is 412 g/mol. The maximum absolute atomic E-state index is 12.4. The molecule has 0 saturated carbocycles. The first-order valence-corrected chi connectivity index (χ1v) is 9.28. The van der Waals surface area contributed by atoms with Gasteiger partial charge in [0.15, 0.2) is 0 Å². The summed E-state index contributed by atoms with van der Waals surface area (Å²) in [6.45, 7) is 0.998. The average molecular weight is 412 g/mol. The minimum Gasteiger partial charge on any atom is -0.543 e. The number of carbonyl (C=O) groups excluding carboxylic acids is 4. The van der Waals surface area contributed by atoms with Gasteiger partial charge in [-0.25, -0.2) is 0 Å². The predicted octanol–water partition coefficient (Wildman–Crippen LogP) is -3.80. The van der Waals surface area contributed by atoms with E-state index in [0.717, 1.165) is 10.5 Å². The minimum absolute atomic E-state index is 0. The van der Waals surface area contributed by atoms with Crippen molar-refractivity contribution in [1.29, 1.82) is 0 Å². The molecule has 1 saturated heterocycles. The summed E-state index contributed by atoms with van der Waals surface area (Å²) in [7, 11) is 0. The van der Waals surface area contributed by atoms with Crippen molar-refractivity contribution >= 4 is 35.5 Å². The van der Waals surface area contributed by atoms with Crippen LogP contribution in [0, 0.1) is 0 Å². The normalized spacial score (nSPS) is 20.5. The van der Waals surface area contributed by atoms with Crippen molar-refractivity contribution in [2.45, 2.75) is 24.8 Å². The van der Waals surface area contributed by atoms with Crippen molar-refractivity contribution in [3.63, 3.8) is 0 Å².